The smallest absolute Gasteiger partial charge is 0.227 e. The predicted octanol–water partition coefficient (Wildman–Crippen LogP) is 3.43. The minimum Gasteiger partial charge on any atom is -0.310 e. The van der Waals surface area contributed by atoms with Crippen LogP contribution >= 0.6 is 0 Å². The van der Waals surface area contributed by atoms with Crippen LogP contribution in [0.25, 0.3) is 0 Å². The molecule has 3 nitrogen and oxygen atoms in total. The molecule has 0 spiro atoms. The molecule has 0 N–H and O–H groups in total. The number of benzene rings is 1. The third kappa shape index (κ3) is 4.86. The molecule has 0 aromatic heterocycles. The average molecular weight is 261 g/mol. The highest BCUT2D eigenvalue weighted by molar-refractivity contribution is 5.94. The van der Waals surface area contributed by atoms with E-state index in [1.165, 1.54) is 0 Å². The van der Waals surface area contributed by atoms with Crippen LogP contribution in [0.2, 0.25) is 0 Å². The normalized spacial score (nSPS) is 12.3. The molecule has 0 aliphatic rings. The lowest BCUT2D eigenvalue weighted by molar-refractivity contribution is -0.120. The number of rotatable bonds is 6. The molecule has 0 saturated carbocycles. The van der Waals surface area contributed by atoms with Crippen LogP contribution in [0.5, 0.6) is 0 Å². The Morgan fingerprint density at radius 1 is 1.05 bits per heavy atom. The lowest BCUT2D eigenvalue weighted by Crippen LogP contribution is -2.37. The summed E-state index contributed by atoms with van der Waals surface area (Å²) in [5.74, 6) is 0.307. The molecular formula is C16H23NO2. The van der Waals surface area contributed by atoms with Crippen molar-refractivity contribution in [1.29, 1.82) is 0 Å². The molecular weight excluding hydrogens is 238 g/mol. The predicted molar refractivity (Wildman–Crippen MR) is 78.1 cm³/mol. The molecule has 19 heavy (non-hydrogen) atoms. The van der Waals surface area contributed by atoms with Crippen molar-refractivity contribution in [1.82, 2.24) is 0 Å². The molecule has 1 aromatic carbocycles. The Morgan fingerprint density at radius 3 is 2.11 bits per heavy atom. The van der Waals surface area contributed by atoms with Gasteiger partial charge >= 0.3 is 0 Å². The van der Waals surface area contributed by atoms with E-state index in [2.05, 4.69) is 0 Å². The summed E-state index contributed by atoms with van der Waals surface area (Å²) in [6.07, 6.45) is 0.874. The molecule has 0 radical (unpaired) electrons. The monoisotopic (exact) mass is 261 g/mol. The number of Topliss-reactive ketones (excluding diaryl/α,β-unsaturated/α-hetero) is 1. The maximum Gasteiger partial charge on any atom is 0.227 e. The SMILES string of the molecule is CC(=O)CC(C)CC(=O)N(c1ccccc1)C(C)C. The fraction of sp³-hybridized carbons (Fsp3) is 0.500. The van der Waals surface area contributed by atoms with Gasteiger partial charge in [-0.25, -0.2) is 0 Å². The van der Waals surface area contributed by atoms with E-state index < -0.39 is 0 Å². The Labute approximate surface area is 115 Å². The lowest BCUT2D eigenvalue weighted by Gasteiger charge is -2.28. The summed E-state index contributed by atoms with van der Waals surface area (Å²) >= 11 is 0. The summed E-state index contributed by atoms with van der Waals surface area (Å²) < 4.78 is 0. The number of ketones is 1. The number of nitrogens with zero attached hydrogens (tertiary/aromatic N) is 1. The highest BCUT2D eigenvalue weighted by Gasteiger charge is 2.21. The summed E-state index contributed by atoms with van der Waals surface area (Å²) in [7, 11) is 0. The largest absolute Gasteiger partial charge is 0.310 e. The fourth-order valence-electron chi connectivity index (χ4n) is 2.28. The Balaban J connectivity index is 2.78. The van der Waals surface area contributed by atoms with Crippen LogP contribution in [-0.4, -0.2) is 17.7 Å². The number of amides is 1. The highest BCUT2D eigenvalue weighted by atomic mass is 16.2. The van der Waals surface area contributed by atoms with Crippen LogP contribution in [-0.2, 0) is 9.59 Å². The van der Waals surface area contributed by atoms with Gasteiger partial charge in [-0.2, -0.15) is 0 Å². The number of carbonyl (C=O) groups is 2. The van der Waals surface area contributed by atoms with Crippen molar-refractivity contribution in [2.24, 2.45) is 5.92 Å². The number of carbonyl (C=O) groups excluding carboxylic acids is 2. The first-order valence-electron chi connectivity index (χ1n) is 6.78. The van der Waals surface area contributed by atoms with Crippen LogP contribution < -0.4 is 4.90 Å². The maximum atomic E-state index is 12.4. The molecule has 1 atom stereocenters. The van der Waals surface area contributed by atoms with E-state index in [1.54, 1.807) is 11.8 Å². The Kier molecular flexibility index (Phi) is 5.74. The fourth-order valence-corrected chi connectivity index (χ4v) is 2.28. The van der Waals surface area contributed by atoms with E-state index in [0.29, 0.717) is 12.8 Å². The van der Waals surface area contributed by atoms with Crippen LogP contribution in [0.15, 0.2) is 30.3 Å². The van der Waals surface area contributed by atoms with Crippen LogP contribution in [0.1, 0.15) is 40.5 Å². The number of hydrogen-bond donors (Lipinski definition) is 0. The van der Waals surface area contributed by atoms with E-state index in [4.69, 9.17) is 0 Å². The van der Waals surface area contributed by atoms with Crippen molar-refractivity contribution in [3.8, 4) is 0 Å². The van der Waals surface area contributed by atoms with Crippen molar-refractivity contribution in [2.75, 3.05) is 4.90 Å². The average Bonchev–Trinajstić information content (AvgIpc) is 2.28. The molecule has 0 heterocycles. The van der Waals surface area contributed by atoms with Crippen molar-refractivity contribution >= 4 is 17.4 Å². The standard InChI is InChI=1S/C16H23NO2/c1-12(2)17(15-8-6-5-7-9-15)16(19)11-13(3)10-14(4)18/h5-9,12-13H,10-11H2,1-4H3. The van der Waals surface area contributed by atoms with Gasteiger partial charge in [-0.3, -0.25) is 4.79 Å². The van der Waals surface area contributed by atoms with Gasteiger partial charge in [-0.15, -0.1) is 0 Å². The van der Waals surface area contributed by atoms with Gasteiger partial charge < -0.3 is 9.69 Å². The summed E-state index contributed by atoms with van der Waals surface area (Å²) in [6, 6.07) is 9.78. The molecule has 1 aromatic rings. The van der Waals surface area contributed by atoms with Crippen molar-refractivity contribution in [2.45, 2.75) is 46.6 Å². The Morgan fingerprint density at radius 2 is 1.63 bits per heavy atom. The van der Waals surface area contributed by atoms with Gasteiger partial charge in [0.2, 0.25) is 5.91 Å². The second kappa shape index (κ2) is 7.07. The molecule has 0 aliphatic heterocycles. The molecule has 0 bridgehead atoms. The quantitative estimate of drug-likeness (QED) is 0.786. The Bertz CT molecular complexity index is 426. The number of para-hydroxylation sites is 1. The zero-order chi connectivity index (χ0) is 14.4. The topological polar surface area (TPSA) is 37.4 Å². The highest BCUT2D eigenvalue weighted by Crippen LogP contribution is 2.20. The first kappa shape index (κ1) is 15.4. The van der Waals surface area contributed by atoms with Gasteiger partial charge in [0.15, 0.2) is 0 Å². The van der Waals surface area contributed by atoms with Gasteiger partial charge in [0, 0.05) is 24.6 Å². The van der Waals surface area contributed by atoms with E-state index in [0.717, 1.165) is 5.69 Å². The molecule has 0 aliphatic carbocycles. The molecule has 1 rings (SSSR count). The zero-order valence-corrected chi connectivity index (χ0v) is 12.2. The zero-order valence-electron chi connectivity index (χ0n) is 12.2. The van der Waals surface area contributed by atoms with Gasteiger partial charge in [0.1, 0.15) is 5.78 Å². The summed E-state index contributed by atoms with van der Waals surface area (Å²) in [4.78, 5) is 25.3. The lowest BCUT2D eigenvalue weighted by atomic mass is 10.0. The maximum absolute atomic E-state index is 12.4. The molecule has 1 unspecified atom stereocenters. The second-order valence-electron chi connectivity index (χ2n) is 5.41. The third-order valence-corrected chi connectivity index (χ3v) is 2.98. The van der Waals surface area contributed by atoms with Gasteiger partial charge in [0.05, 0.1) is 0 Å². The van der Waals surface area contributed by atoms with Crippen molar-refractivity contribution < 1.29 is 9.59 Å². The molecule has 0 saturated heterocycles. The van der Waals surface area contributed by atoms with Gasteiger partial charge in [-0.1, -0.05) is 25.1 Å². The van der Waals surface area contributed by atoms with E-state index in [-0.39, 0.29) is 23.7 Å². The minimum absolute atomic E-state index is 0.0787. The van der Waals surface area contributed by atoms with Gasteiger partial charge in [-0.05, 0) is 38.8 Å². The molecule has 104 valence electrons. The van der Waals surface area contributed by atoms with Crippen LogP contribution in [0.3, 0.4) is 0 Å². The van der Waals surface area contributed by atoms with Crippen molar-refractivity contribution in [3.05, 3.63) is 30.3 Å². The molecule has 0 fully saturated rings. The van der Waals surface area contributed by atoms with Crippen molar-refractivity contribution in [3.63, 3.8) is 0 Å². The van der Waals surface area contributed by atoms with E-state index >= 15 is 0 Å². The Hall–Kier alpha value is -1.64. The summed E-state index contributed by atoms with van der Waals surface area (Å²) in [5.41, 5.74) is 0.914. The van der Waals surface area contributed by atoms with E-state index in [9.17, 15) is 9.59 Å². The summed E-state index contributed by atoms with van der Waals surface area (Å²) in [5, 5.41) is 0. The summed E-state index contributed by atoms with van der Waals surface area (Å²) in [6.45, 7) is 7.52. The van der Waals surface area contributed by atoms with Gasteiger partial charge in [0.25, 0.3) is 0 Å². The first-order valence-corrected chi connectivity index (χ1v) is 6.78. The number of anilines is 1. The second-order valence-corrected chi connectivity index (χ2v) is 5.41. The third-order valence-electron chi connectivity index (χ3n) is 2.98. The van der Waals surface area contributed by atoms with E-state index in [1.807, 2.05) is 51.1 Å². The van der Waals surface area contributed by atoms with Crippen LogP contribution in [0.4, 0.5) is 5.69 Å². The molecule has 1 amide bonds. The first-order chi connectivity index (χ1) is 8.91. The minimum atomic E-state index is 0.0787. The molecule has 3 heteroatoms. The number of hydrogen-bond acceptors (Lipinski definition) is 2. The van der Waals surface area contributed by atoms with Crippen LogP contribution in [0, 0.1) is 5.92 Å².